The van der Waals surface area contributed by atoms with Crippen molar-refractivity contribution in [2.75, 3.05) is 14.2 Å². The maximum absolute atomic E-state index is 12.0. The Balaban J connectivity index is 2.76. The Morgan fingerprint density at radius 3 is 2.52 bits per heavy atom. The van der Waals surface area contributed by atoms with Gasteiger partial charge in [-0.3, -0.25) is 10.1 Å². The number of benzene rings is 1. The third-order valence-electron chi connectivity index (χ3n) is 2.51. The molecule has 0 heterocycles. The summed E-state index contributed by atoms with van der Waals surface area (Å²) in [6.45, 7) is 1.37. The molecule has 0 aliphatic rings. The van der Waals surface area contributed by atoms with E-state index in [0.717, 1.165) is 0 Å². The van der Waals surface area contributed by atoms with Crippen molar-refractivity contribution in [3.8, 4) is 5.75 Å². The van der Waals surface area contributed by atoms with Crippen molar-refractivity contribution < 1.29 is 23.9 Å². The third-order valence-corrected chi connectivity index (χ3v) is 3.20. The highest BCUT2D eigenvalue weighted by Gasteiger charge is 2.22. The molecular formula is C13H15BrN2O5. The van der Waals surface area contributed by atoms with Crippen molar-refractivity contribution in [2.24, 2.45) is 0 Å². The molecule has 1 rings (SSSR count). The van der Waals surface area contributed by atoms with Crippen LogP contribution in [0.2, 0.25) is 0 Å². The van der Waals surface area contributed by atoms with Gasteiger partial charge in [-0.2, -0.15) is 0 Å². The Morgan fingerprint density at radius 2 is 1.95 bits per heavy atom. The van der Waals surface area contributed by atoms with Crippen LogP contribution < -0.4 is 15.4 Å². The molecular weight excluding hydrogens is 344 g/mol. The number of amides is 3. The van der Waals surface area contributed by atoms with Crippen LogP contribution in [0.1, 0.15) is 17.3 Å². The number of nitrogens with one attached hydrogen (secondary N) is 2. The average Bonchev–Trinajstić information content (AvgIpc) is 2.47. The van der Waals surface area contributed by atoms with Gasteiger partial charge in [-0.05, 0) is 41.1 Å². The molecule has 0 saturated carbocycles. The van der Waals surface area contributed by atoms with E-state index in [-0.39, 0.29) is 5.56 Å². The second kappa shape index (κ2) is 7.63. The monoisotopic (exact) mass is 358 g/mol. The molecule has 0 aromatic heterocycles. The van der Waals surface area contributed by atoms with E-state index in [2.05, 4.69) is 21.2 Å². The fourth-order valence-corrected chi connectivity index (χ4v) is 1.75. The second-order valence-corrected chi connectivity index (χ2v) is 4.82. The van der Waals surface area contributed by atoms with Crippen molar-refractivity contribution >= 4 is 33.8 Å². The van der Waals surface area contributed by atoms with Crippen LogP contribution in [0.25, 0.3) is 0 Å². The number of carbonyl (C=O) groups is 3. The lowest BCUT2D eigenvalue weighted by molar-refractivity contribution is -0.127. The summed E-state index contributed by atoms with van der Waals surface area (Å²) >= 11 is 3.22. The van der Waals surface area contributed by atoms with E-state index in [1.807, 2.05) is 5.32 Å². The van der Waals surface area contributed by atoms with Gasteiger partial charge in [-0.1, -0.05) is 0 Å². The van der Waals surface area contributed by atoms with Crippen LogP contribution in [0.15, 0.2) is 22.7 Å². The van der Waals surface area contributed by atoms with Crippen LogP contribution in [0.4, 0.5) is 4.79 Å². The average molecular weight is 359 g/mol. The van der Waals surface area contributed by atoms with Crippen LogP contribution in [-0.4, -0.2) is 38.2 Å². The van der Waals surface area contributed by atoms with E-state index < -0.39 is 24.0 Å². The van der Waals surface area contributed by atoms with Crippen molar-refractivity contribution in [3.05, 3.63) is 28.2 Å². The summed E-state index contributed by atoms with van der Waals surface area (Å²) in [6, 6.07) is 4.11. The molecule has 21 heavy (non-hydrogen) atoms. The van der Waals surface area contributed by atoms with E-state index in [9.17, 15) is 14.4 Å². The molecule has 1 atom stereocenters. The summed E-state index contributed by atoms with van der Waals surface area (Å²) in [7, 11) is 2.84. The molecule has 2 N–H and O–H groups in total. The fraction of sp³-hybridized carbons (Fsp3) is 0.308. The first-order valence-electron chi connectivity index (χ1n) is 5.96. The van der Waals surface area contributed by atoms with E-state index >= 15 is 0 Å². The third kappa shape index (κ3) is 4.75. The molecule has 0 unspecified atom stereocenters. The molecule has 0 spiro atoms. The van der Waals surface area contributed by atoms with E-state index in [4.69, 9.17) is 9.47 Å². The minimum Gasteiger partial charge on any atom is -0.497 e. The van der Waals surface area contributed by atoms with Crippen LogP contribution in [0, 0.1) is 0 Å². The summed E-state index contributed by atoms with van der Waals surface area (Å²) in [5, 5.41) is 4.25. The number of halogens is 1. The summed E-state index contributed by atoms with van der Waals surface area (Å²) < 4.78 is 10.5. The number of ether oxygens (including phenoxy) is 2. The maximum atomic E-state index is 12.0. The van der Waals surface area contributed by atoms with Gasteiger partial charge in [-0.25, -0.2) is 9.59 Å². The number of hydrogen-bond acceptors (Lipinski definition) is 5. The summed E-state index contributed by atoms with van der Waals surface area (Å²) in [5.74, 6) is -0.949. The number of urea groups is 1. The molecule has 0 aliphatic carbocycles. The Kier molecular flexibility index (Phi) is 6.16. The van der Waals surface area contributed by atoms with Gasteiger partial charge in [0.05, 0.1) is 12.7 Å². The zero-order chi connectivity index (χ0) is 16.0. The predicted octanol–water partition coefficient (Wildman–Crippen LogP) is 1.46. The molecule has 0 bridgehead atoms. The largest absolute Gasteiger partial charge is 0.497 e. The van der Waals surface area contributed by atoms with Crippen LogP contribution in [-0.2, 0) is 9.53 Å². The summed E-state index contributed by atoms with van der Waals surface area (Å²) in [4.78, 5) is 34.6. The SMILES string of the molecule is CNC(=O)NC(=O)[C@@H](C)OC(=O)c1cc(OC)ccc1Br. The quantitative estimate of drug-likeness (QED) is 0.794. The first kappa shape index (κ1) is 17.0. The second-order valence-electron chi connectivity index (χ2n) is 3.96. The Labute approximate surface area is 130 Å². The number of hydrogen-bond donors (Lipinski definition) is 2. The minimum atomic E-state index is -1.12. The Hall–Kier alpha value is -2.09. The highest BCUT2D eigenvalue weighted by atomic mass is 79.9. The van der Waals surface area contributed by atoms with E-state index in [0.29, 0.717) is 10.2 Å². The fourth-order valence-electron chi connectivity index (χ4n) is 1.34. The van der Waals surface area contributed by atoms with Gasteiger partial charge in [0.15, 0.2) is 6.10 Å². The molecule has 1 aromatic rings. The molecule has 0 fully saturated rings. The van der Waals surface area contributed by atoms with Gasteiger partial charge in [0.1, 0.15) is 5.75 Å². The minimum absolute atomic E-state index is 0.217. The van der Waals surface area contributed by atoms with E-state index in [1.54, 1.807) is 12.1 Å². The lowest BCUT2D eigenvalue weighted by Gasteiger charge is -2.13. The molecule has 3 amide bonds. The van der Waals surface area contributed by atoms with Crippen molar-refractivity contribution in [2.45, 2.75) is 13.0 Å². The Morgan fingerprint density at radius 1 is 1.29 bits per heavy atom. The Bertz CT molecular complexity index is 561. The van der Waals surface area contributed by atoms with Gasteiger partial charge >= 0.3 is 12.0 Å². The highest BCUT2D eigenvalue weighted by Crippen LogP contribution is 2.23. The molecule has 0 saturated heterocycles. The highest BCUT2D eigenvalue weighted by molar-refractivity contribution is 9.10. The van der Waals surface area contributed by atoms with Crippen molar-refractivity contribution in [1.82, 2.24) is 10.6 Å². The molecule has 8 heteroatoms. The number of carbonyl (C=O) groups excluding carboxylic acids is 3. The van der Waals surface area contributed by atoms with Crippen LogP contribution >= 0.6 is 15.9 Å². The summed E-state index contributed by atoms with van der Waals surface area (Å²) in [5.41, 5.74) is 0.217. The molecule has 114 valence electrons. The normalized spacial score (nSPS) is 11.2. The van der Waals surface area contributed by atoms with Crippen LogP contribution in [0.3, 0.4) is 0 Å². The van der Waals surface area contributed by atoms with Gasteiger partial charge < -0.3 is 14.8 Å². The van der Waals surface area contributed by atoms with E-state index in [1.165, 1.54) is 27.1 Å². The molecule has 0 aliphatic heterocycles. The number of rotatable bonds is 4. The van der Waals surface area contributed by atoms with Gasteiger partial charge in [0.25, 0.3) is 5.91 Å². The smallest absolute Gasteiger partial charge is 0.340 e. The first-order valence-corrected chi connectivity index (χ1v) is 6.75. The molecule has 1 aromatic carbocycles. The first-order chi connectivity index (χ1) is 9.88. The summed E-state index contributed by atoms with van der Waals surface area (Å²) in [6.07, 6.45) is -1.12. The number of methoxy groups -OCH3 is 1. The number of imide groups is 1. The topological polar surface area (TPSA) is 93.7 Å². The van der Waals surface area contributed by atoms with Gasteiger partial charge in [-0.15, -0.1) is 0 Å². The zero-order valence-electron chi connectivity index (χ0n) is 11.7. The van der Waals surface area contributed by atoms with Crippen molar-refractivity contribution in [3.63, 3.8) is 0 Å². The van der Waals surface area contributed by atoms with Gasteiger partial charge in [0, 0.05) is 11.5 Å². The number of esters is 1. The predicted molar refractivity (Wildman–Crippen MR) is 78.2 cm³/mol. The maximum Gasteiger partial charge on any atom is 0.340 e. The van der Waals surface area contributed by atoms with Crippen molar-refractivity contribution in [1.29, 1.82) is 0 Å². The van der Waals surface area contributed by atoms with Gasteiger partial charge in [0.2, 0.25) is 0 Å². The zero-order valence-corrected chi connectivity index (χ0v) is 13.3. The molecule has 7 nitrogen and oxygen atoms in total. The lowest BCUT2D eigenvalue weighted by atomic mass is 10.2. The van der Waals surface area contributed by atoms with Crippen LogP contribution in [0.5, 0.6) is 5.75 Å². The molecule has 0 radical (unpaired) electrons. The standard InChI is InChI=1S/C13H15BrN2O5/c1-7(11(17)16-13(19)15-2)21-12(18)9-6-8(20-3)4-5-10(9)14/h4-7H,1-3H3,(H2,15,16,17,19)/t7-/m1/s1. The lowest BCUT2D eigenvalue weighted by Crippen LogP contribution is -2.43.